The molecule has 0 saturated carbocycles. The molecule has 1 aromatic heterocycles. The Morgan fingerprint density at radius 2 is 1.77 bits per heavy atom. The third-order valence-corrected chi connectivity index (χ3v) is 5.24. The van der Waals surface area contributed by atoms with Crippen LogP contribution in [0.5, 0.6) is 0 Å². The third kappa shape index (κ3) is 5.40. The van der Waals surface area contributed by atoms with E-state index < -0.39 is 5.97 Å². The lowest BCUT2D eigenvalue weighted by atomic mass is 10.1. The van der Waals surface area contributed by atoms with Gasteiger partial charge in [0.1, 0.15) is 5.82 Å². The highest BCUT2D eigenvalue weighted by molar-refractivity contribution is 5.92. The molecule has 1 heterocycles. The Hall–Kier alpha value is -3.41. The van der Waals surface area contributed by atoms with Gasteiger partial charge in [-0.25, -0.2) is 9.18 Å². The Morgan fingerprint density at radius 3 is 2.42 bits per heavy atom. The molecule has 1 N–H and O–H groups in total. The molecule has 3 rings (SSSR count). The van der Waals surface area contributed by atoms with Crippen LogP contribution >= 0.6 is 0 Å². The molecule has 0 bridgehead atoms. The van der Waals surface area contributed by atoms with Crippen molar-refractivity contribution in [1.82, 2.24) is 9.88 Å². The average molecular weight is 423 g/mol. The number of rotatable bonds is 8. The number of carbonyl (C=O) groups is 2. The quantitative estimate of drug-likeness (QED) is 0.517. The first-order valence-electron chi connectivity index (χ1n) is 10.4. The van der Waals surface area contributed by atoms with Crippen molar-refractivity contribution >= 4 is 11.9 Å². The van der Waals surface area contributed by atoms with Crippen molar-refractivity contribution in [3.63, 3.8) is 0 Å². The Balaban J connectivity index is 1.81. The van der Waals surface area contributed by atoms with Gasteiger partial charge in [-0.3, -0.25) is 4.79 Å². The molecule has 0 spiro atoms. The van der Waals surface area contributed by atoms with E-state index in [0.717, 1.165) is 16.8 Å². The third-order valence-electron chi connectivity index (χ3n) is 5.24. The number of halogens is 1. The zero-order chi connectivity index (χ0) is 22.4. The summed E-state index contributed by atoms with van der Waals surface area (Å²) in [6, 6.07) is 17.5. The van der Waals surface area contributed by atoms with E-state index in [-0.39, 0.29) is 30.8 Å². The maximum atomic E-state index is 13.4. The van der Waals surface area contributed by atoms with Crippen LogP contribution in [0.4, 0.5) is 4.39 Å². The number of amides is 1. The van der Waals surface area contributed by atoms with Crippen LogP contribution in [0, 0.1) is 12.7 Å². The number of ether oxygens (including phenoxy) is 1. The Kier molecular flexibility index (Phi) is 7.23. The summed E-state index contributed by atoms with van der Waals surface area (Å²) in [6.45, 7) is 6.17. The molecule has 0 aliphatic heterocycles. The standard InChI is InChI=1S/C25H27FN2O3/c1-4-31-25(30)22-16-23(20-10-12-21(26)13-11-20)28(18(22)3)15-14-24(29)27-17(2)19-8-6-5-7-9-19/h5-13,16-17H,4,14-15H2,1-3H3,(H,27,29)/t17-/m1/s1. The Bertz CT molecular complexity index is 1040. The maximum absolute atomic E-state index is 13.4. The predicted molar refractivity (Wildman–Crippen MR) is 118 cm³/mol. The molecule has 0 aliphatic rings. The normalized spacial score (nSPS) is 11.7. The fourth-order valence-electron chi connectivity index (χ4n) is 3.56. The van der Waals surface area contributed by atoms with Crippen molar-refractivity contribution in [2.24, 2.45) is 0 Å². The van der Waals surface area contributed by atoms with Crippen molar-refractivity contribution in [3.8, 4) is 11.3 Å². The van der Waals surface area contributed by atoms with Crippen molar-refractivity contribution in [2.45, 2.75) is 39.8 Å². The average Bonchev–Trinajstić information content (AvgIpc) is 3.10. The monoisotopic (exact) mass is 422 g/mol. The molecule has 0 saturated heterocycles. The van der Waals surface area contributed by atoms with Crippen LogP contribution < -0.4 is 5.32 Å². The molecule has 1 atom stereocenters. The van der Waals surface area contributed by atoms with Crippen molar-refractivity contribution in [1.29, 1.82) is 0 Å². The van der Waals surface area contributed by atoms with Crippen LogP contribution in [0.25, 0.3) is 11.3 Å². The van der Waals surface area contributed by atoms with Crippen LogP contribution in [0.3, 0.4) is 0 Å². The molecule has 0 aliphatic carbocycles. The van der Waals surface area contributed by atoms with E-state index in [9.17, 15) is 14.0 Å². The maximum Gasteiger partial charge on any atom is 0.339 e. The van der Waals surface area contributed by atoms with E-state index in [0.29, 0.717) is 17.8 Å². The van der Waals surface area contributed by atoms with E-state index in [2.05, 4.69) is 5.32 Å². The lowest BCUT2D eigenvalue weighted by Crippen LogP contribution is -2.27. The number of carbonyl (C=O) groups excluding carboxylic acids is 2. The Labute approximate surface area is 181 Å². The van der Waals surface area contributed by atoms with E-state index in [4.69, 9.17) is 4.74 Å². The highest BCUT2D eigenvalue weighted by Gasteiger charge is 2.20. The first-order valence-corrected chi connectivity index (χ1v) is 10.4. The minimum absolute atomic E-state index is 0.0906. The van der Waals surface area contributed by atoms with Gasteiger partial charge in [-0.15, -0.1) is 0 Å². The SMILES string of the molecule is CCOC(=O)c1cc(-c2ccc(F)cc2)n(CCC(=O)N[C@H](C)c2ccccc2)c1C. The van der Waals surface area contributed by atoms with E-state index in [1.165, 1.54) is 12.1 Å². The van der Waals surface area contributed by atoms with Gasteiger partial charge in [-0.1, -0.05) is 30.3 Å². The summed E-state index contributed by atoms with van der Waals surface area (Å²) < 4.78 is 20.5. The molecule has 162 valence electrons. The van der Waals surface area contributed by atoms with Crippen molar-refractivity contribution < 1.29 is 18.7 Å². The fourth-order valence-corrected chi connectivity index (χ4v) is 3.56. The molecular formula is C25H27FN2O3. The largest absolute Gasteiger partial charge is 0.462 e. The summed E-state index contributed by atoms with van der Waals surface area (Å²) >= 11 is 0. The molecule has 0 radical (unpaired) electrons. The predicted octanol–water partition coefficient (Wildman–Crippen LogP) is 5.05. The first-order chi connectivity index (χ1) is 14.9. The molecule has 0 fully saturated rings. The van der Waals surface area contributed by atoms with Gasteiger partial charge in [0, 0.05) is 24.4 Å². The highest BCUT2D eigenvalue weighted by Crippen LogP contribution is 2.27. The second-order valence-electron chi connectivity index (χ2n) is 7.36. The molecule has 0 unspecified atom stereocenters. The van der Waals surface area contributed by atoms with Gasteiger partial charge in [0.15, 0.2) is 0 Å². The van der Waals surface area contributed by atoms with E-state index >= 15 is 0 Å². The van der Waals surface area contributed by atoms with Crippen LogP contribution in [-0.4, -0.2) is 23.1 Å². The summed E-state index contributed by atoms with van der Waals surface area (Å²) in [6.07, 6.45) is 0.239. The van der Waals surface area contributed by atoms with Crippen LogP contribution in [-0.2, 0) is 16.1 Å². The van der Waals surface area contributed by atoms with Gasteiger partial charge in [0.05, 0.1) is 18.2 Å². The van der Waals surface area contributed by atoms with Crippen LogP contribution in [0.2, 0.25) is 0 Å². The minimum atomic E-state index is -0.413. The summed E-state index contributed by atoms with van der Waals surface area (Å²) in [5.41, 5.74) is 3.69. The molecule has 3 aromatic rings. The van der Waals surface area contributed by atoms with Gasteiger partial charge in [0.25, 0.3) is 0 Å². The van der Waals surface area contributed by atoms with E-state index in [1.54, 1.807) is 25.1 Å². The molecule has 31 heavy (non-hydrogen) atoms. The van der Waals surface area contributed by atoms with Crippen molar-refractivity contribution in [2.75, 3.05) is 6.61 Å². The second-order valence-corrected chi connectivity index (χ2v) is 7.36. The van der Waals surface area contributed by atoms with Gasteiger partial charge in [0.2, 0.25) is 5.91 Å². The number of nitrogens with one attached hydrogen (secondary N) is 1. The Morgan fingerprint density at radius 1 is 1.10 bits per heavy atom. The lowest BCUT2D eigenvalue weighted by molar-refractivity contribution is -0.121. The van der Waals surface area contributed by atoms with Crippen LogP contribution in [0.1, 0.15) is 47.9 Å². The summed E-state index contributed by atoms with van der Waals surface area (Å²) in [5, 5.41) is 3.01. The van der Waals surface area contributed by atoms with E-state index in [1.807, 2.05) is 48.7 Å². The second kappa shape index (κ2) is 10.1. The minimum Gasteiger partial charge on any atom is -0.462 e. The van der Waals surface area contributed by atoms with Crippen LogP contribution in [0.15, 0.2) is 60.7 Å². The molecule has 6 heteroatoms. The van der Waals surface area contributed by atoms with Gasteiger partial charge >= 0.3 is 5.97 Å². The number of hydrogen-bond acceptors (Lipinski definition) is 3. The van der Waals surface area contributed by atoms with Gasteiger partial charge in [-0.2, -0.15) is 0 Å². The van der Waals surface area contributed by atoms with Crippen molar-refractivity contribution in [3.05, 3.63) is 83.3 Å². The lowest BCUT2D eigenvalue weighted by Gasteiger charge is -2.16. The molecule has 2 aromatic carbocycles. The molecule has 1 amide bonds. The zero-order valence-electron chi connectivity index (χ0n) is 18.0. The highest BCUT2D eigenvalue weighted by atomic mass is 19.1. The summed E-state index contributed by atoms with van der Waals surface area (Å²) in [7, 11) is 0. The zero-order valence-corrected chi connectivity index (χ0v) is 18.0. The number of benzene rings is 2. The van der Waals surface area contributed by atoms with Gasteiger partial charge in [-0.05, 0) is 62.2 Å². The topological polar surface area (TPSA) is 60.3 Å². The fraction of sp³-hybridized carbons (Fsp3) is 0.280. The first kappa shape index (κ1) is 22.3. The number of esters is 1. The number of nitrogens with zero attached hydrogens (tertiary/aromatic N) is 1. The number of aromatic nitrogens is 1. The molecular weight excluding hydrogens is 395 g/mol. The molecule has 5 nitrogen and oxygen atoms in total. The summed E-state index contributed by atoms with van der Waals surface area (Å²) in [5.74, 6) is -0.838. The van der Waals surface area contributed by atoms with Gasteiger partial charge < -0.3 is 14.6 Å². The number of hydrogen-bond donors (Lipinski definition) is 1. The smallest absolute Gasteiger partial charge is 0.339 e. The summed E-state index contributed by atoms with van der Waals surface area (Å²) in [4.78, 5) is 25.0.